The van der Waals surface area contributed by atoms with E-state index in [0.717, 1.165) is 45.9 Å². The Morgan fingerprint density at radius 3 is 2.76 bits per heavy atom. The van der Waals surface area contributed by atoms with Gasteiger partial charge in [-0.05, 0) is 57.1 Å². The molecular weight excluding hydrogens is 474 g/mol. The van der Waals surface area contributed by atoms with E-state index in [4.69, 9.17) is 14.6 Å². The van der Waals surface area contributed by atoms with Gasteiger partial charge in [0.2, 0.25) is 0 Å². The lowest BCUT2D eigenvalue weighted by molar-refractivity contribution is -0.122. The standard InChI is InChI=1S/C23H25N3O3S2.CH2O2/c1-13-24-18-5-4-16(29-3)9-17(18)22(25-13)30-12-19(27)20-6-7-21(31-20)23(28)10-15-8-14(23)11-26(15)2;2-1-3/h4-7,9,14-15,28H,8,10-12H2,1-3H3;1H,(H,2,3)/t14-,15-,23-;/m1./s1. The van der Waals surface area contributed by atoms with Gasteiger partial charge >= 0.3 is 0 Å². The highest BCUT2D eigenvalue weighted by Gasteiger charge is 2.54. The highest BCUT2D eigenvalue weighted by atomic mass is 32.2. The summed E-state index contributed by atoms with van der Waals surface area (Å²) in [6, 6.07) is 9.94. The fraction of sp³-hybridized carbons (Fsp3) is 0.417. The molecule has 1 saturated heterocycles. The number of methoxy groups -OCH3 is 1. The van der Waals surface area contributed by atoms with Crippen LogP contribution in [0.4, 0.5) is 0 Å². The number of ketones is 1. The number of ether oxygens (including phenoxy) is 1. The van der Waals surface area contributed by atoms with Crippen molar-refractivity contribution in [3.05, 3.63) is 45.9 Å². The quantitative estimate of drug-likeness (QED) is 0.226. The van der Waals surface area contributed by atoms with Crippen LogP contribution in [-0.4, -0.2) is 69.8 Å². The lowest BCUT2D eigenvalue weighted by atomic mass is 9.88. The minimum Gasteiger partial charge on any atom is -0.497 e. The number of hydrogen-bond donors (Lipinski definition) is 2. The Bertz CT molecular complexity index is 1210. The molecule has 2 fully saturated rings. The van der Waals surface area contributed by atoms with Gasteiger partial charge in [-0.2, -0.15) is 0 Å². The van der Waals surface area contributed by atoms with Crippen molar-refractivity contribution in [3.8, 4) is 5.75 Å². The second kappa shape index (κ2) is 9.99. The highest BCUT2D eigenvalue weighted by molar-refractivity contribution is 8.00. The summed E-state index contributed by atoms with van der Waals surface area (Å²) in [4.78, 5) is 34.3. The van der Waals surface area contributed by atoms with E-state index in [1.165, 1.54) is 23.1 Å². The van der Waals surface area contributed by atoms with E-state index in [9.17, 15) is 9.90 Å². The van der Waals surface area contributed by atoms with Gasteiger partial charge in [0.05, 0.1) is 23.3 Å². The molecule has 3 atom stereocenters. The number of carbonyl (C=O) groups excluding carboxylic acids is 1. The molecule has 34 heavy (non-hydrogen) atoms. The molecule has 1 aromatic carbocycles. The number of thioether (sulfide) groups is 1. The lowest BCUT2D eigenvalue weighted by Gasteiger charge is -2.35. The van der Waals surface area contributed by atoms with Crippen LogP contribution in [0.2, 0.25) is 0 Å². The number of likely N-dealkylation sites (tertiary alicyclic amines) is 1. The number of aromatic nitrogens is 2. The van der Waals surface area contributed by atoms with E-state index in [-0.39, 0.29) is 23.9 Å². The van der Waals surface area contributed by atoms with Gasteiger partial charge in [0.1, 0.15) is 22.2 Å². The average molecular weight is 502 g/mol. The molecule has 1 aliphatic carbocycles. The second-order valence-electron chi connectivity index (χ2n) is 8.59. The van der Waals surface area contributed by atoms with Gasteiger partial charge in [-0.1, -0.05) is 11.8 Å². The van der Waals surface area contributed by atoms with Gasteiger partial charge in [0.15, 0.2) is 5.78 Å². The van der Waals surface area contributed by atoms with Gasteiger partial charge in [0, 0.05) is 28.8 Å². The Hall–Kier alpha value is -2.53. The molecule has 0 spiro atoms. The van der Waals surface area contributed by atoms with Crippen molar-refractivity contribution < 1.29 is 24.5 Å². The molecule has 10 heteroatoms. The van der Waals surface area contributed by atoms with E-state index in [0.29, 0.717) is 16.7 Å². The molecule has 0 unspecified atom stereocenters. The highest BCUT2D eigenvalue weighted by Crippen LogP contribution is 2.51. The smallest absolute Gasteiger partial charge is 0.290 e. The Kier molecular flexibility index (Phi) is 7.22. The molecule has 3 heterocycles. The van der Waals surface area contributed by atoms with Crippen LogP contribution in [0, 0.1) is 12.8 Å². The van der Waals surface area contributed by atoms with Crippen LogP contribution in [0.3, 0.4) is 0 Å². The van der Waals surface area contributed by atoms with E-state index >= 15 is 0 Å². The summed E-state index contributed by atoms with van der Waals surface area (Å²) in [6.45, 7) is 2.52. The van der Waals surface area contributed by atoms with Crippen molar-refractivity contribution >= 4 is 46.3 Å². The maximum absolute atomic E-state index is 12.9. The number of aryl methyl sites for hydroxylation is 1. The molecule has 0 amide bonds. The van der Waals surface area contributed by atoms with Gasteiger partial charge in [-0.25, -0.2) is 9.97 Å². The van der Waals surface area contributed by atoms with Crippen molar-refractivity contribution in [3.63, 3.8) is 0 Å². The first kappa shape index (κ1) is 24.6. The number of thiophene rings is 1. The number of nitrogens with zero attached hydrogens (tertiary/aromatic N) is 3. The SMILES string of the molecule is COc1ccc2nc(C)nc(SCC(=O)c3ccc([C@@]4(O)C[C@H]5C[C@@H]4CN5C)s3)c2c1.O=CO. The third-order valence-electron chi connectivity index (χ3n) is 6.54. The van der Waals surface area contributed by atoms with Crippen LogP contribution in [0.15, 0.2) is 35.4 Å². The third-order valence-corrected chi connectivity index (χ3v) is 8.82. The molecule has 8 nitrogen and oxygen atoms in total. The van der Waals surface area contributed by atoms with Crippen LogP contribution in [0.25, 0.3) is 10.9 Å². The fourth-order valence-corrected chi connectivity index (χ4v) is 7.00. The predicted molar refractivity (Wildman–Crippen MR) is 132 cm³/mol. The maximum Gasteiger partial charge on any atom is 0.290 e. The number of Topliss-reactive ketones (excluding diaryl/α,β-unsaturated/α-hetero) is 1. The first-order valence-corrected chi connectivity index (χ1v) is 12.7. The number of piperidine rings is 1. The fourth-order valence-electron chi connectivity index (χ4n) is 4.85. The lowest BCUT2D eigenvalue weighted by Crippen LogP contribution is -2.41. The zero-order chi connectivity index (χ0) is 24.5. The summed E-state index contributed by atoms with van der Waals surface area (Å²) in [7, 11) is 3.75. The molecule has 3 aromatic rings. The maximum atomic E-state index is 12.9. The number of benzene rings is 1. The number of carbonyl (C=O) groups is 2. The Balaban J connectivity index is 0.000000868. The molecule has 2 N–H and O–H groups in total. The predicted octanol–water partition coefficient (Wildman–Crippen LogP) is 3.60. The number of fused-ring (bicyclic) bond motifs is 3. The summed E-state index contributed by atoms with van der Waals surface area (Å²) >= 11 is 2.86. The first-order chi connectivity index (χ1) is 16.3. The van der Waals surface area contributed by atoms with E-state index in [2.05, 4.69) is 21.9 Å². The average Bonchev–Trinajstić information content (AvgIpc) is 3.53. The van der Waals surface area contributed by atoms with Crippen molar-refractivity contribution in [2.45, 2.75) is 36.4 Å². The minimum absolute atomic E-state index is 0.0532. The summed E-state index contributed by atoms with van der Waals surface area (Å²) < 4.78 is 5.33. The van der Waals surface area contributed by atoms with Gasteiger partial charge < -0.3 is 19.8 Å². The summed E-state index contributed by atoms with van der Waals surface area (Å²) in [5.74, 6) is 2.01. The van der Waals surface area contributed by atoms with Crippen molar-refractivity contribution in [2.24, 2.45) is 5.92 Å². The van der Waals surface area contributed by atoms with Gasteiger partial charge in [0.25, 0.3) is 6.47 Å². The molecule has 1 saturated carbocycles. The van der Waals surface area contributed by atoms with Crippen molar-refractivity contribution in [1.29, 1.82) is 0 Å². The first-order valence-electron chi connectivity index (χ1n) is 10.9. The number of carboxylic acid groups (broad SMARTS) is 1. The van der Waals surface area contributed by atoms with Crippen LogP contribution in [0.1, 0.15) is 33.2 Å². The second-order valence-corrected chi connectivity index (χ2v) is 10.6. The summed E-state index contributed by atoms with van der Waals surface area (Å²) in [6.07, 6.45) is 1.79. The number of aliphatic hydroxyl groups is 1. The summed E-state index contributed by atoms with van der Waals surface area (Å²) in [5.41, 5.74) is 0.0504. The molecule has 2 aliphatic rings. The van der Waals surface area contributed by atoms with Crippen LogP contribution in [0.5, 0.6) is 5.75 Å². The molecule has 1 aliphatic heterocycles. The van der Waals surface area contributed by atoms with Crippen LogP contribution >= 0.6 is 23.1 Å². The van der Waals surface area contributed by atoms with E-state index < -0.39 is 5.60 Å². The largest absolute Gasteiger partial charge is 0.497 e. The number of hydrogen-bond acceptors (Lipinski definition) is 9. The topological polar surface area (TPSA) is 113 Å². The molecule has 2 bridgehead atoms. The Morgan fingerprint density at radius 2 is 2.12 bits per heavy atom. The van der Waals surface area contributed by atoms with Crippen molar-refractivity contribution in [2.75, 3.05) is 26.5 Å². The Morgan fingerprint density at radius 1 is 1.35 bits per heavy atom. The monoisotopic (exact) mass is 501 g/mol. The van der Waals surface area contributed by atoms with Gasteiger partial charge in [-0.3, -0.25) is 9.59 Å². The van der Waals surface area contributed by atoms with Gasteiger partial charge in [-0.15, -0.1) is 11.3 Å². The van der Waals surface area contributed by atoms with Crippen LogP contribution < -0.4 is 4.74 Å². The summed E-state index contributed by atoms with van der Waals surface area (Å²) in [5, 5.41) is 19.9. The molecule has 0 radical (unpaired) electrons. The van der Waals surface area contributed by atoms with E-state index in [1.807, 2.05) is 37.3 Å². The Labute approximate surface area is 206 Å². The zero-order valence-corrected chi connectivity index (χ0v) is 20.9. The zero-order valence-electron chi connectivity index (χ0n) is 19.2. The van der Waals surface area contributed by atoms with Crippen molar-refractivity contribution in [1.82, 2.24) is 14.9 Å². The minimum atomic E-state index is -0.788. The molecular formula is C24H27N3O5S2. The molecule has 5 rings (SSSR count). The molecule has 2 aromatic heterocycles. The third kappa shape index (κ3) is 4.68. The normalized spacial score (nSPS) is 23.5. The van der Waals surface area contributed by atoms with Crippen LogP contribution in [-0.2, 0) is 10.4 Å². The molecule has 180 valence electrons. The number of rotatable bonds is 6. The van der Waals surface area contributed by atoms with E-state index in [1.54, 1.807) is 7.11 Å².